The van der Waals surface area contributed by atoms with E-state index in [1.54, 1.807) is 6.20 Å². The monoisotopic (exact) mass is 300 g/mol. The molecule has 0 unspecified atom stereocenters. The zero-order valence-corrected chi connectivity index (χ0v) is 13.1. The molecule has 0 saturated heterocycles. The number of urea groups is 1. The summed E-state index contributed by atoms with van der Waals surface area (Å²) in [5, 5.41) is 5.71. The average Bonchev–Trinajstić information content (AvgIpc) is 2.96. The Bertz CT molecular complexity index is 565. The summed E-state index contributed by atoms with van der Waals surface area (Å²) >= 11 is 0. The molecule has 1 aromatic carbocycles. The zero-order valence-electron chi connectivity index (χ0n) is 13.1. The molecule has 2 rings (SSSR count). The number of nitrogens with one attached hydrogen (secondary N) is 2. The second-order valence-electron chi connectivity index (χ2n) is 5.24. The summed E-state index contributed by atoms with van der Waals surface area (Å²) in [5.41, 5.74) is 1.24. The second kappa shape index (κ2) is 8.87. The highest BCUT2D eigenvalue weighted by Gasteiger charge is 2.05. The molecule has 2 aromatic rings. The maximum Gasteiger partial charge on any atom is 0.314 e. The number of amides is 2. The maximum absolute atomic E-state index is 11.6. The van der Waals surface area contributed by atoms with Gasteiger partial charge in [-0.2, -0.15) is 0 Å². The highest BCUT2D eigenvalue weighted by molar-refractivity contribution is 5.73. The third-order valence-corrected chi connectivity index (χ3v) is 3.45. The van der Waals surface area contributed by atoms with Gasteiger partial charge in [-0.3, -0.25) is 0 Å². The first-order valence-corrected chi connectivity index (χ1v) is 7.85. The minimum absolute atomic E-state index is 0.102. The smallest absolute Gasteiger partial charge is 0.314 e. The van der Waals surface area contributed by atoms with Crippen molar-refractivity contribution in [2.24, 2.45) is 0 Å². The number of imidazole rings is 1. The van der Waals surface area contributed by atoms with Gasteiger partial charge in [-0.25, -0.2) is 9.78 Å². The summed E-state index contributed by atoms with van der Waals surface area (Å²) in [6.45, 7) is 4.22. The van der Waals surface area contributed by atoms with E-state index in [1.807, 2.05) is 24.4 Å². The number of nitrogens with zero attached hydrogens (tertiary/aromatic N) is 2. The van der Waals surface area contributed by atoms with Crippen LogP contribution in [0.3, 0.4) is 0 Å². The number of carbonyl (C=O) groups is 1. The minimum Gasteiger partial charge on any atom is -0.338 e. The normalized spacial score (nSPS) is 10.4. The molecule has 5 nitrogen and oxygen atoms in total. The average molecular weight is 300 g/mol. The van der Waals surface area contributed by atoms with Gasteiger partial charge in [0, 0.05) is 38.4 Å². The van der Waals surface area contributed by atoms with E-state index in [4.69, 9.17) is 0 Å². The largest absolute Gasteiger partial charge is 0.338 e. The predicted molar refractivity (Wildman–Crippen MR) is 87.8 cm³/mol. The molecule has 0 radical (unpaired) electrons. The molecular weight excluding hydrogens is 276 g/mol. The van der Waals surface area contributed by atoms with Crippen LogP contribution < -0.4 is 10.6 Å². The molecule has 2 amide bonds. The molecule has 1 aromatic heterocycles. The van der Waals surface area contributed by atoms with Crippen LogP contribution in [0.2, 0.25) is 0 Å². The molecule has 0 aliphatic rings. The van der Waals surface area contributed by atoms with Crippen molar-refractivity contribution in [1.82, 2.24) is 20.2 Å². The van der Waals surface area contributed by atoms with Crippen LogP contribution in [0.15, 0.2) is 42.7 Å². The molecule has 22 heavy (non-hydrogen) atoms. The quantitative estimate of drug-likeness (QED) is 0.736. The Kier molecular flexibility index (Phi) is 6.48. The Labute approximate surface area is 131 Å². The van der Waals surface area contributed by atoms with Crippen LogP contribution in [0.1, 0.15) is 31.2 Å². The molecule has 0 aliphatic carbocycles. The first-order valence-electron chi connectivity index (χ1n) is 7.85. The lowest BCUT2D eigenvalue weighted by Crippen LogP contribution is -2.37. The number of hydrogen-bond donors (Lipinski definition) is 2. The van der Waals surface area contributed by atoms with Gasteiger partial charge in [0.25, 0.3) is 0 Å². The molecule has 5 heteroatoms. The first kappa shape index (κ1) is 16.1. The SMILES string of the molecule is CCCCNC(=O)NCCc1nccn1Cc1ccccc1. The fraction of sp³-hybridized carbons (Fsp3) is 0.412. The summed E-state index contributed by atoms with van der Waals surface area (Å²) < 4.78 is 2.12. The molecule has 0 fully saturated rings. The van der Waals surface area contributed by atoms with Gasteiger partial charge >= 0.3 is 6.03 Å². The Morgan fingerprint density at radius 3 is 2.73 bits per heavy atom. The van der Waals surface area contributed by atoms with E-state index in [1.165, 1.54) is 5.56 Å². The third-order valence-electron chi connectivity index (χ3n) is 3.45. The fourth-order valence-electron chi connectivity index (χ4n) is 2.22. The van der Waals surface area contributed by atoms with Crippen molar-refractivity contribution >= 4 is 6.03 Å². The van der Waals surface area contributed by atoms with Crippen LogP contribution in [-0.2, 0) is 13.0 Å². The van der Waals surface area contributed by atoms with Crippen LogP contribution in [-0.4, -0.2) is 28.7 Å². The van der Waals surface area contributed by atoms with Crippen LogP contribution in [0, 0.1) is 0 Å². The minimum atomic E-state index is -0.102. The van der Waals surface area contributed by atoms with Gasteiger partial charge in [-0.15, -0.1) is 0 Å². The van der Waals surface area contributed by atoms with Gasteiger partial charge in [0.05, 0.1) is 0 Å². The van der Waals surface area contributed by atoms with E-state index in [0.717, 1.165) is 38.2 Å². The van der Waals surface area contributed by atoms with Gasteiger partial charge in [0.2, 0.25) is 0 Å². The lowest BCUT2D eigenvalue weighted by molar-refractivity contribution is 0.241. The van der Waals surface area contributed by atoms with Gasteiger partial charge < -0.3 is 15.2 Å². The van der Waals surface area contributed by atoms with Crippen molar-refractivity contribution in [3.05, 3.63) is 54.1 Å². The van der Waals surface area contributed by atoms with Crippen molar-refractivity contribution in [2.75, 3.05) is 13.1 Å². The van der Waals surface area contributed by atoms with E-state index in [0.29, 0.717) is 6.54 Å². The molecule has 0 aliphatic heterocycles. The molecular formula is C17H24N4O. The van der Waals surface area contributed by atoms with E-state index in [2.05, 4.69) is 39.2 Å². The van der Waals surface area contributed by atoms with Gasteiger partial charge in [0.15, 0.2) is 0 Å². The molecule has 2 N–H and O–H groups in total. The van der Waals surface area contributed by atoms with Crippen molar-refractivity contribution < 1.29 is 4.79 Å². The Morgan fingerprint density at radius 1 is 1.18 bits per heavy atom. The maximum atomic E-state index is 11.6. The van der Waals surface area contributed by atoms with Gasteiger partial charge in [0.1, 0.15) is 5.82 Å². The van der Waals surface area contributed by atoms with Gasteiger partial charge in [-0.05, 0) is 12.0 Å². The Morgan fingerprint density at radius 2 is 1.95 bits per heavy atom. The number of carbonyl (C=O) groups excluding carboxylic acids is 1. The molecule has 0 spiro atoms. The number of unbranched alkanes of at least 4 members (excludes halogenated alkanes) is 1. The Hall–Kier alpha value is -2.30. The van der Waals surface area contributed by atoms with Crippen LogP contribution in [0.5, 0.6) is 0 Å². The zero-order chi connectivity index (χ0) is 15.6. The summed E-state index contributed by atoms with van der Waals surface area (Å²) in [4.78, 5) is 15.9. The highest BCUT2D eigenvalue weighted by Crippen LogP contribution is 2.05. The molecule has 118 valence electrons. The molecule has 0 saturated carbocycles. The van der Waals surface area contributed by atoms with Crippen molar-refractivity contribution in [2.45, 2.75) is 32.7 Å². The van der Waals surface area contributed by atoms with Crippen molar-refractivity contribution in [1.29, 1.82) is 0 Å². The number of aromatic nitrogens is 2. The summed E-state index contributed by atoms with van der Waals surface area (Å²) in [5.74, 6) is 0.984. The third kappa shape index (κ3) is 5.24. The van der Waals surface area contributed by atoms with Gasteiger partial charge in [-0.1, -0.05) is 43.7 Å². The molecule has 1 heterocycles. The number of benzene rings is 1. The lowest BCUT2D eigenvalue weighted by Gasteiger charge is -2.09. The number of hydrogen-bond acceptors (Lipinski definition) is 2. The first-order chi connectivity index (χ1) is 10.8. The van der Waals surface area contributed by atoms with E-state index in [-0.39, 0.29) is 6.03 Å². The lowest BCUT2D eigenvalue weighted by atomic mass is 10.2. The van der Waals surface area contributed by atoms with Crippen LogP contribution >= 0.6 is 0 Å². The topological polar surface area (TPSA) is 59.0 Å². The summed E-state index contributed by atoms with van der Waals surface area (Å²) in [6, 6.07) is 10.2. The predicted octanol–water partition coefficient (Wildman–Crippen LogP) is 2.57. The number of rotatable bonds is 8. The van der Waals surface area contributed by atoms with E-state index in [9.17, 15) is 4.79 Å². The fourth-order valence-corrected chi connectivity index (χ4v) is 2.22. The summed E-state index contributed by atoms with van der Waals surface area (Å²) in [7, 11) is 0. The van der Waals surface area contributed by atoms with Crippen molar-refractivity contribution in [3.63, 3.8) is 0 Å². The molecule has 0 bridgehead atoms. The van der Waals surface area contributed by atoms with E-state index < -0.39 is 0 Å². The van der Waals surface area contributed by atoms with E-state index >= 15 is 0 Å². The van der Waals surface area contributed by atoms with Crippen LogP contribution in [0.4, 0.5) is 4.79 Å². The van der Waals surface area contributed by atoms with Crippen molar-refractivity contribution in [3.8, 4) is 0 Å². The second-order valence-corrected chi connectivity index (χ2v) is 5.24. The Balaban J connectivity index is 1.77. The molecule has 0 atom stereocenters. The summed E-state index contributed by atoms with van der Waals surface area (Å²) in [6.07, 6.45) is 6.59. The highest BCUT2D eigenvalue weighted by atomic mass is 16.2. The van der Waals surface area contributed by atoms with Crippen LogP contribution in [0.25, 0.3) is 0 Å². The standard InChI is InChI=1S/C17H24N4O/c1-2-3-10-19-17(22)20-11-9-16-18-12-13-21(16)14-15-7-5-4-6-8-15/h4-8,12-13H,2-3,9-11,14H2,1H3,(H2,19,20,22).